The Hall–Kier alpha value is -2.08. The van der Waals surface area contributed by atoms with Crippen molar-refractivity contribution < 1.29 is 14.3 Å². The number of nitrogens with zero attached hydrogens (tertiary/aromatic N) is 2. The van der Waals surface area contributed by atoms with Crippen molar-refractivity contribution in [2.24, 2.45) is 11.7 Å². The van der Waals surface area contributed by atoms with Crippen LogP contribution in [-0.4, -0.2) is 54.0 Å². The number of carbonyl (C=O) groups is 2. The minimum absolute atomic E-state index is 0.0211. The number of hydrogen-bond acceptors (Lipinski definition) is 4. The molecule has 2 amide bonds. The van der Waals surface area contributed by atoms with Crippen LogP contribution in [0.25, 0.3) is 0 Å². The molecule has 2 atom stereocenters. The topological polar surface area (TPSA) is 75.9 Å². The fourth-order valence-electron chi connectivity index (χ4n) is 2.92. The minimum Gasteiger partial charge on any atom is -0.445 e. The Labute approximate surface area is 143 Å². The van der Waals surface area contributed by atoms with Gasteiger partial charge >= 0.3 is 6.09 Å². The molecule has 2 rings (SSSR count). The Kier molecular flexibility index (Phi) is 6.61. The predicted octanol–water partition coefficient (Wildman–Crippen LogP) is 1.84. The van der Waals surface area contributed by atoms with Crippen LogP contribution in [-0.2, 0) is 16.1 Å². The lowest BCUT2D eigenvalue weighted by atomic mass is 10.1. The highest BCUT2D eigenvalue weighted by Crippen LogP contribution is 2.18. The molecule has 1 fully saturated rings. The van der Waals surface area contributed by atoms with Crippen molar-refractivity contribution in [3.63, 3.8) is 0 Å². The number of amides is 2. The summed E-state index contributed by atoms with van der Waals surface area (Å²) in [4.78, 5) is 27.7. The van der Waals surface area contributed by atoms with Gasteiger partial charge in [-0.3, -0.25) is 4.79 Å². The Morgan fingerprint density at radius 3 is 2.71 bits per heavy atom. The lowest BCUT2D eigenvalue weighted by Gasteiger charge is -2.24. The highest BCUT2D eigenvalue weighted by Gasteiger charge is 2.30. The quantitative estimate of drug-likeness (QED) is 0.862. The maximum absolute atomic E-state index is 12.3. The molecular weight excluding hydrogens is 306 g/mol. The number of carbonyl (C=O) groups excluding carboxylic acids is 2. The molecule has 0 radical (unpaired) electrons. The standard InChI is InChI=1S/C18H27N3O3/c1-3-20(18(23)24-13-15-7-5-4-6-8-15)11-16-9-10-21(12-16)17(22)14(2)19/h4-8,14,16H,3,9-13,19H2,1-2H3. The number of rotatable bonds is 6. The van der Waals surface area contributed by atoms with E-state index in [0.717, 1.165) is 12.0 Å². The highest BCUT2D eigenvalue weighted by molar-refractivity contribution is 5.81. The first-order valence-corrected chi connectivity index (χ1v) is 8.51. The van der Waals surface area contributed by atoms with E-state index in [2.05, 4.69) is 0 Å². The number of ether oxygens (including phenoxy) is 1. The predicted molar refractivity (Wildman–Crippen MR) is 92.2 cm³/mol. The highest BCUT2D eigenvalue weighted by atomic mass is 16.6. The average molecular weight is 333 g/mol. The van der Waals surface area contributed by atoms with Crippen LogP contribution < -0.4 is 5.73 Å². The molecule has 0 spiro atoms. The van der Waals surface area contributed by atoms with E-state index in [-0.39, 0.29) is 24.5 Å². The van der Waals surface area contributed by atoms with Gasteiger partial charge in [0.2, 0.25) is 5.91 Å². The number of nitrogens with two attached hydrogens (primary N) is 1. The van der Waals surface area contributed by atoms with Gasteiger partial charge in [0.05, 0.1) is 6.04 Å². The van der Waals surface area contributed by atoms with Crippen molar-refractivity contribution >= 4 is 12.0 Å². The number of hydrogen-bond donors (Lipinski definition) is 1. The first-order chi connectivity index (χ1) is 11.5. The summed E-state index contributed by atoms with van der Waals surface area (Å²) in [6.45, 7) is 6.47. The molecule has 24 heavy (non-hydrogen) atoms. The van der Waals surface area contributed by atoms with E-state index in [0.29, 0.717) is 26.2 Å². The first kappa shape index (κ1) is 18.3. The van der Waals surface area contributed by atoms with Gasteiger partial charge in [-0.1, -0.05) is 30.3 Å². The van der Waals surface area contributed by atoms with Crippen LogP contribution in [0.1, 0.15) is 25.8 Å². The Bertz CT molecular complexity index is 548. The summed E-state index contributed by atoms with van der Waals surface area (Å²) >= 11 is 0. The van der Waals surface area contributed by atoms with E-state index in [1.807, 2.05) is 37.3 Å². The van der Waals surface area contributed by atoms with E-state index < -0.39 is 6.04 Å². The van der Waals surface area contributed by atoms with Crippen molar-refractivity contribution in [3.05, 3.63) is 35.9 Å². The zero-order valence-electron chi connectivity index (χ0n) is 14.5. The summed E-state index contributed by atoms with van der Waals surface area (Å²) in [6.07, 6.45) is 0.583. The molecule has 1 saturated heterocycles. The molecule has 0 aromatic heterocycles. The zero-order valence-corrected chi connectivity index (χ0v) is 14.5. The molecule has 0 bridgehead atoms. The van der Waals surface area contributed by atoms with Crippen molar-refractivity contribution in [2.75, 3.05) is 26.2 Å². The maximum atomic E-state index is 12.3. The molecule has 6 heteroatoms. The molecule has 6 nitrogen and oxygen atoms in total. The Morgan fingerprint density at radius 2 is 2.08 bits per heavy atom. The van der Waals surface area contributed by atoms with Gasteiger partial charge in [-0.25, -0.2) is 4.79 Å². The third-order valence-corrected chi connectivity index (χ3v) is 4.31. The van der Waals surface area contributed by atoms with Gasteiger partial charge in [-0.05, 0) is 31.7 Å². The monoisotopic (exact) mass is 333 g/mol. The first-order valence-electron chi connectivity index (χ1n) is 8.51. The van der Waals surface area contributed by atoms with Crippen LogP contribution in [0.5, 0.6) is 0 Å². The van der Waals surface area contributed by atoms with Crippen LogP contribution in [0, 0.1) is 5.92 Å². The van der Waals surface area contributed by atoms with Crippen LogP contribution in [0.4, 0.5) is 4.79 Å². The summed E-state index contributed by atoms with van der Waals surface area (Å²) in [5.74, 6) is 0.254. The minimum atomic E-state index is -0.470. The van der Waals surface area contributed by atoms with Crippen molar-refractivity contribution in [1.29, 1.82) is 0 Å². The molecule has 132 valence electrons. The smallest absolute Gasteiger partial charge is 0.410 e. The number of likely N-dealkylation sites (tertiary alicyclic amines) is 1. The largest absolute Gasteiger partial charge is 0.445 e. The molecule has 2 N–H and O–H groups in total. The molecule has 1 aliphatic rings. The molecule has 1 aromatic carbocycles. The molecule has 1 aromatic rings. The molecule has 0 aliphatic carbocycles. The van der Waals surface area contributed by atoms with Crippen molar-refractivity contribution in [1.82, 2.24) is 9.80 Å². The summed E-state index contributed by atoms with van der Waals surface area (Å²) in [5.41, 5.74) is 6.62. The fourth-order valence-corrected chi connectivity index (χ4v) is 2.92. The Balaban J connectivity index is 1.81. The van der Waals surface area contributed by atoms with Crippen molar-refractivity contribution in [2.45, 2.75) is 32.9 Å². The van der Waals surface area contributed by atoms with Gasteiger partial charge in [-0.15, -0.1) is 0 Å². The van der Waals surface area contributed by atoms with Gasteiger partial charge in [0, 0.05) is 26.2 Å². The SMILES string of the molecule is CCN(CC1CCN(C(=O)C(C)N)C1)C(=O)OCc1ccccc1. The lowest BCUT2D eigenvalue weighted by molar-refractivity contribution is -0.131. The summed E-state index contributed by atoms with van der Waals surface area (Å²) in [5, 5.41) is 0. The van der Waals surface area contributed by atoms with Crippen molar-refractivity contribution in [3.8, 4) is 0 Å². The van der Waals surface area contributed by atoms with E-state index in [1.165, 1.54) is 0 Å². The summed E-state index contributed by atoms with van der Waals surface area (Å²) < 4.78 is 5.39. The molecule has 2 unspecified atom stereocenters. The maximum Gasteiger partial charge on any atom is 0.410 e. The van der Waals surface area contributed by atoms with E-state index in [9.17, 15) is 9.59 Å². The van der Waals surface area contributed by atoms with Crippen LogP contribution in [0.2, 0.25) is 0 Å². The van der Waals surface area contributed by atoms with E-state index in [4.69, 9.17) is 10.5 Å². The van der Waals surface area contributed by atoms with E-state index in [1.54, 1.807) is 16.7 Å². The van der Waals surface area contributed by atoms with Crippen LogP contribution in [0.15, 0.2) is 30.3 Å². The third-order valence-electron chi connectivity index (χ3n) is 4.31. The average Bonchev–Trinajstić information content (AvgIpc) is 3.06. The second-order valence-electron chi connectivity index (χ2n) is 6.31. The van der Waals surface area contributed by atoms with Gasteiger partial charge in [0.15, 0.2) is 0 Å². The van der Waals surface area contributed by atoms with E-state index >= 15 is 0 Å². The fraction of sp³-hybridized carbons (Fsp3) is 0.556. The van der Waals surface area contributed by atoms with Gasteiger partial charge < -0.3 is 20.3 Å². The third kappa shape index (κ3) is 4.96. The molecule has 0 saturated carbocycles. The van der Waals surface area contributed by atoms with Gasteiger partial charge in [-0.2, -0.15) is 0 Å². The second kappa shape index (κ2) is 8.68. The molecule has 1 aliphatic heterocycles. The summed E-state index contributed by atoms with van der Waals surface area (Å²) in [7, 11) is 0. The lowest BCUT2D eigenvalue weighted by Crippen LogP contribution is -2.42. The van der Waals surface area contributed by atoms with Crippen LogP contribution >= 0.6 is 0 Å². The van der Waals surface area contributed by atoms with Crippen LogP contribution in [0.3, 0.4) is 0 Å². The van der Waals surface area contributed by atoms with Gasteiger partial charge in [0.25, 0.3) is 0 Å². The van der Waals surface area contributed by atoms with Gasteiger partial charge in [0.1, 0.15) is 6.61 Å². The molecule has 1 heterocycles. The Morgan fingerprint density at radius 1 is 1.38 bits per heavy atom. The number of benzene rings is 1. The molecular formula is C18H27N3O3. The normalized spacial score (nSPS) is 18.3. The second-order valence-corrected chi connectivity index (χ2v) is 6.31. The summed E-state index contributed by atoms with van der Waals surface area (Å²) in [6, 6.07) is 9.16. The zero-order chi connectivity index (χ0) is 17.5.